The summed E-state index contributed by atoms with van der Waals surface area (Å²) in [6.07, 6.45) is -3.66. The molecule has 1 aromatic carbocycles. The number of phenolic OH excluding ortho intramolecular Hbond substituents is 1. The molecule has 24 heavy (non-hydrogen) atoms. The van der Waals surface area contributed by atoms with Crippen LogP contribution in [0.5, 0.6) is 5.75 Å². The molecule has 10 heteroatoms. The summed E-state index contributed by atoms with van der Waals surface area (Å²) < 4.78 is 43.7. The van der Waals surface area contributed by atoms with Crippen molar-refractivity contribution < 1.29 is 27.8 Å². The molecule has 0 unspecified atom stereocenters. The summed E-state index contributed by atoms with van der Waals surface area (Å²) in [6, 6.07) is 2.75. The maximum absolute atomic E-state index is 12.8. The molecule has 0 radical (unpaired) electrons. The Labute approximate surface area is 138 Å². The number of methoxy groups -OCH3 is 1. The number of hydrogen-bond donors (Lipinski definition) is 2. The van der Waals surface area contributed by atoms with Crippen LogP contribution in [0.25, 0.3) is 5.69 Å². The minimum absolute atomic E-state index is 0.134. The molecule has 0 saturated heterocycles. The van der Waals surface area contributed by atoms with Crippen LogP contribution in [0.2, 0.25) is 5.02 Å². The van der Waals surface area contributed by atoms with E-state index in [1.54, 1.807) is 6.07 Å². The average molecular weight is 360 g/mol. The number of aromatic hydroxyl groups is 1. The van der Waals surface area contributed by atoms with Crippen molar-refractivity contribution in [3.63, 3.8) is 0 Å². The van der Waals surface area contributed by atoms with Crippen LogP contribution >= 0.6 is 11.6 Å². The Hall–Kier alpha value is -2.86. The molecule has 1 aromatic heterocycles. The number of alkyl halides is 3. The van der Waals surface area contributed by atoms with Crippen LogP contribution in [0.3, 0.4) is 0 Å². The first kappa shape index (κ1) is 17.5. The number of rotatable bonds is 2. The van der Waals surface area contributed by atoms with Crippen molar-refractivity contribution in [2.45, 2.75) is 6.18 Å². The first-order valence-corrected chi connectivity index (χ1v) is 6.59. The molecule has 0 aliphatic carbocycles. The third-order valence-corrected chi connectivity index (χ3v) is 3.44. The van der Waals surface area contributed by atoms with E-state index in [-0.39, 0.29) is 22.6 Å². The highest BCUT2D eigenvalue weighted by atomic mass is 35.5. The van der Waals surface area contributed by atoms with Gasteiger partial charge in [0.2, 0.25) is 0 Å². The van der Waals surface area contributed by atoms with Gasteiger partial charge >= 0.3 is 12.1 Å². The van der Waals surface area contributed by atoms with E-state index in [0.717, 1.165) is 17.9 Å². The van der Waals surface area contributed by atoms with Gasteiger partial charge in [0.15, 0.2) is 5.69 Å². The van der Waals surface area contributed by atoms with E-state index in [9.17, 15) is 23.1 Å². The van der Waals surface area contributed by atoms with E-state index in [1.165, 1.54) is 0 Å². The zero-order valence-electron chi connectivity index (χ0n) is 12.0. The number of carbonyl (C=O) groups is 1. The van der Waals surface area contributed by atoms with Gasteiger partial charge in [-0.05, 0) is 12.1 Å². The molecule has 0 amide bonds. The van der Waals surface area contributed by atoms with Crippen molar-refractivity contribution >= 4 is 23.3 Å². The number of ether oxygens (including phenoxy) is 1. The topological polar surface area (TPSA) is 101 Å². The summed E-state index contributed by atoms with van der Waals surface area (Å²) in [4.78, 5) is 11.9. The third kappa shape index (κ3) is 2.83. The number of benzene rings is 1. The molecule has 0 atom stereocenters. The van der Waals surface area contributed by atoms with Crippen molar-refractivity contribution in [2.75, 3.05) is 12.8 Å². The van der Waals surface area contributed by atoms with E-state index in [4.69, 9.17) is 22.6 Å². The monoisotopic (exact) mass is 359 g/mol. The molecule has 3 N–H and O–H groups in total. The van der Waals surface area contributed by atoms with Crippen LogP contribution in [0, 0.1) is 11.3 Å². The molecular formula is C14H9ClF3N3O3. The minimum atomic E-state index is -4.72. The van der Waals surface area contributed by atoms with Crippen LogP contribution in [0.1, 0.15) is 21.6 Å². The quantitative estimate of drug-likeness (QED) is 0.802. The first-order valence-electron chi connectivity index (χ1n) is 6.21. The maximum atomic E-state index is 12.8. The summed E-state index contributed by atoms with van der Waals surface area (Å²) in [7, 11) is 1.05. The van der Waals surface area contributed by atoms with Gasteiger partial charge in [-0.3, -0.25) is 0 Å². The van der Waals surface area contributed by atoms with Crippen molar-refractivity contribution in [3.05, 3.63) is 40.2 Å². The average Bonchev–Trinajstić information content (AvgIpc) is 2.81. The molecule has 1 heterocycles. The second kappa shape index (κ2) is 5.98. The normalized spacial score (nSPS) is 11.2. The Morgan fingerprint density at radius 1 is 1.46 bits per heavy atom. The number of aromatic nitrogens is 1. The third-order valence-electron chi connectivity index (χ3n) is 3.16. The van der Waals surface area contributed by atoms with Gasteiger partial charge in [0.25, 0.3) is 0 Å². The van der Waals surface area contributed by atoms with Crippen LogP contribution in [-0.4, -0.2) is 22.8 Å². The Morgan fingerprint density at radius 2 is 2.08 bits per heavy atom. The number of nitrogens with zero attached hydrogens (tertiary/aromatic N) is 2. The van der Waals surface area contributed by atoms with E-state index in [1.807, 2.05) is 0 Å². The highest BCUT2D eigenvalue weighted by molar-refractivity contribution is 6.32. The molecule has 0 spiro atoms. The summed E-state index contributed by atoms with van der Waals surface area (Å²) in [6.45, 7) is 0. The minimum Gasteiger partial charge on any atom is -0.506 e. The van der Waals surface area contributed by atoms with Crippen LogP contribution < -0.4 is 5.73 Å². The van der Waals surface area contributed by atoms with Gasteiger partial charge < -0.3 is 20.1 Å². The smallest absolute Gasteiger partial charge is 0.416 e. The van der Waals surface area contributed by atoms with Gasteiger partial charge in [-0.1, -0.05) is 11.6 Å². The standard InChI is InChI=1S/C14H9ClF3N3O3/c1-24-13(23)12-10(20)6(4-19)5-21(12)11-8(15)2-7(3-9(11)22)14(16,17)18/h2-3,5,22H,20H2,1H3. The lowest BCUT2D eigenvalue weighted by molar-refractivity contribution is -0.137. The fraction of sp³-hybridized carbons (Fsp3) is 0.143. The second-order valence-electron chi connectivity index (χ2n) is 4.60. The molecule has 6 nitrogen and oxygen atoms in total. The largest absolute Gasteiger partial charge is 0.506 e. The highest BCUT2D eigenvalue weighted by Crippen LogP contribution is 2.40. The molecule has 2 rings (SSSR count). The highest BCUT2D eigenvalue weighted by Gasteiger charge is 2.33. The van der Waals surface area contributed by atoms with Gasteiger partial charge in [0.05, 0.1) is 28.9 Å². The number of anilines is 1. The molecular weight excluding hydrogens is 351 g/mol. The number of carbonyl (C=O) groups excluding carboxylic acids is 1. The van der Waals surface area contributed by atoms with Gasteiger partial charge in [0.1, 0.15) is 17.5 Å². The lowest BCUT2D eigenvalue weighted by Gasteiger charge is -2.15. The van der Waals surface area contributed by atoms with Crippen LogP contribution in [-0.2, 0) is 10.9 Å². The van der Waals surface area contributed by atoms with Crippen molar-refractivity contribution in [1.29, 1.82) is 5.26 Å². The number of phenols is 1. The molecule has 126 valence electrons. The summed E-state index contributed by atoms with van der Waals surface area (Å²) >= 11 is 5.84. The maximum Gasteiger partial charge on any atom is 0.416 e. The Balaban J connectivity index is 2.79. The van der Waals surface area contributed by atoms with Crippen LogP contribution in [0.4, 0.5) is 18.9 Å². The van der Waals surface area contributed by atoms with E-state index in [0.29, 0.717) is 12.1 Å². The molecule has 0 aliphatic rings. The Morgan fingerprint density at radius 3 is 2.54 bits per heavy atom. The first-order chi connectivity index (χ1) is 11.1. The van der Waals surface area contributed by atoms with E-state index in [2.05, 4.69) is 4.74 Å². The number of halogens is 4. The predicted octanol–water partition coefficient (Wildman–Crippen LogP) is 3.10. The Bertz CT molecular complexity index is 846. The van der Waals surface area contributed by atoms with Crippen molar-refractivity contribution in [3.8, 4) is 17.5 Å². The van der Waals surface area contributed by atoms with Crippen LogP contribution in [0.15, 0.2) is 18.3 Å². The predicted molar refractivity (Wildman–Crippen MR) is 77.9 cm³/mol. The van der Waals surface area contributed by atoms with Crippen molar-refractivity contribution in [2.24, 2.45) is 0 Å². The van der Waals surface area contributed by atoms with Gasteiger partial charge in [-0.2, -0.15) is 18.4 Å². The lowest BCUT2D eigenvalue weighted by atomic mass is 10.1. The molecule has 2 aromatic rings. The number of nitriles is 1. The molecule has 0 saturated carbocycles. The van der Waals surface area contributed by atoms with Gasteiger partial charge in [-0.15, -0.1) is 0 Å². The summed E-state index contributed by atoms with van der Waals surface area (Å²) in [5.74, 6) is -1.80. The van der Waals surface area contributed by atoms with Gasteiger partial charge in [-0.25, -0.2) is 4.79 Å². The number of hydrogen-bond acceptors (Lipinski definition) is 5. The van der Waals surface area contributed by atoms with E-state index >= 15 is 0 Å². The van der Waals surface area contributed by atoms with Gasteiger partial charge in [0, 0.05) is 6.20 Å². The van der Waals surface area contributed by atoms with Crippen molar-refractivity contribution in [1.82, 2.24) is 4.57 Å². The zero-order valence-corrected chi connectivity index (χ0v) is 12.7. The second-order valence-corrected chi connectivity index (χ2v) is 5.01. The Kier molecular flexibility index (Phi) is 4.36. The molecule has 0 bridgehead atoms. The SMILES string of the molecule is COC(=O)c1c(N)c(C#N)cn1-c1c(O)cc(C(F)(F)F)cc1Cl. The lowest BCUT2D eigenvalue weighted by Crippen LogP contribution is -2.12. The number of nitrogen functional groups attached to an aromatic ring is 1. The zero-order chi connectivity index (χ0) is 18.2. The fourth-order valence-corrected chi connectivity index (χ4v) is 2.38. The van der Waals surface area contributed by atoms with E-state index < -0.39 is 28.5 Å². The fourth-order valence-electron chi connectivity index (χ4n) is 2.08. The summed E-state index contributed by atoms with van der Waals surface area (Å²) in [5.41, 5.74) is 3.45. The molecule has 0 aliphatic heterocycles. The number of nitrogens with two attached hydrogens (primary N) is 1. The number of esters is 1. The molecule has 0 fully saturated rings. The summed E-state index contributed by atoms with van der Waals surface area (Å²) in [5, 5.41) is 18.5.